The Morgan fingerprint density at radius 1 is 1.22 bits per heavy atom. The molecule has 1 aliphatic heterocycles. The minimum absolute atomic E-state index is 0.0593. The van der Waals surface area contributed by atoms with Gasteiger partial charge in [0.1, 0.15) is 18.1 Å². The zero-order chi connectivity index (χ0) is 20.0. The summed E-state index contributed by atoms with van der Waals surface area (Å²) in [6, 6.07) is 7.70. The van der Waals surface area contributed by atoms with E-state index in [1.165, 1.54) is 0 Å². The fourth-order valence-electron chi connectivity index (χ4n) is 3.54. The molecule has 1 aliphatic rings. The molecule has 0 N–H and O–H groups in total. The monoisotopic (exact) mass is 380 g/mol. The number of benzene rings is 1. The standard InChI is InChI=1S/C21H32O6/c1-14(11-22)19(25-12-16-7-9-17(23-5)10-8-16)15(2)20(24-6)18-13-26-21(3,4)27-18/h7-11,14-15,18-20H,12-13H2,1-6H3/t14-,15+,18-,19+,20-/m0/s1. The first-order valence-corrected chi connectivity index (χ1v) is 9.35. The SMILES string of the molecule is COc1ccc(CO[C@@H]([C@@H](C)[C@H](OC)[C@@H]2COC(C)(C)O2)[C@@H](C)C=O)cc1. The summed E-state index contributed by atoms with van der Waals surface area (Å²) in [6.07, 6.45) is 0.181. The first-order valence-electron chi connectivity index (χ1n) is 9.35. The number of methoxy groups -OCH3 is 2. The maximum Gasteiger partial charge on any atom is 0.163 e. The van der Waals surface area contributed by atoms with Crippen molar-refractivity contribution in [3.63, 3.8) is 0 Å². The van der Waals surface area contributed by atoms with Gasteiger partial charge in [0.15, 0.2) is 5.79 Å². The third-order valence-electron chi connectivity index (χ3n) is 5.04. The molecule has 1 saturated heterocycles. The molecule has 0 aromatic heterocycles. The predicted octanol–water partition coefficient (Wildman–Crippen LogP) is 3.22. The molecular weight excluding hydrogens is 348 g/mol. The number of aldehydes is 1. The van der Waals surface area contributed by atoms with Crippen LogP contribution in [-0.2, 0) is 30.3 Å². The van der Waals surface area contributed by atoms with Crippen molar-refractivity contribution >= 4 is 6.29 Å². The maximum absolute atomic E-state index is 11.5. The van der Waals surface area contributed by atoms with Gasteiger partial charge in [-0.15, -0.1) is 0 Å². The van der Waals surface area contributed by atoms with Crippen LogP contribution in [0.2, 0.25) is 0 Å². The average molecular weight is 380 g/mol. The molecule has 1 aromatic carbocycles. The van der Waals surface area contributed by atoms with Crippen molar-refractivity contribution in [3.8, 4) is 5.75 Å². The van der Waals surface area contributed by atoms with Gasteiger partial charge in [-0.2, -0.15) is 0 Å². The summed E-state index contributed by atoms with van der Waals surface area (Å²) in [4.78, 5) is 11.5. The molecule has 0 unspecified atom stereocenters. The molecular formula is C21H32O6. The van der Waals surface area contributed by atoms with Gasteiger partial charge in [-0.1, -0.05) is 26.0 Å². The fourth-order valence-corrected chi connectivity index (χ4v) is 3.54. The second-order valence-electron chi connectivity index (χ2n) is 7.55. The van der Waals surface area contributed by atoms with E-state index < -0.39 is 5.79 Å². The van der Waals surface area contributed by atoms with Crippen molar-refractivity contribution in [2.24, 2.45) is 11.8 Å². The van der Waals surface area contributed by atoms with Crippen molar-refractivity contribution in [2.45, 2.75) is 58.4 Å². The third-order valence-corrected chi connectivity index (χ3v) is 5.04. The van der Waals surface area contributed by atoms with Gasteiger partial charge in [0, 0.05) is 18.9 Å². The Hall–Kier alpha value is -1.47. The number of carbonyl (C=O) groups is 1. The summed E-state index contributed by atoms with van der Waals surface area (Å²) in [7, 11) is 3.29. The molecule has 6 nitrogen and oxygen atoms in total. The van der Waals surface area contributed by atoms with Gasteiger partial charge >= 0.3 is 0 Å². The minimum Gasteiger partial charge on any atom is -0.497 e. The van der Waals surface area contributed by atoms with Gasteiger partial charge < -0.3 is 28.5 Å². The highest BCUT2D eigenvalue weighted by Crippen LogP contribution is 2.31. The Morgan fingerprint density at radius 2 is 1.89 bits per heavy atom. The number of hydrogen-bond donors (Lipinski definition) is 0. The van der Waals surface area contributed by atoms with Crippen LogP contribution in [0, 0.1) is 11.8 Å². The second kappa shape index (κ2) is 9.64. The van der Waals surface area contributed by atoms with Crippen LogP contribution in [0.1, 0.15) is 33.3 Å². The van der Waals surface area contributed by atoms with Crippen LogP contribution in [-0.4, -0.2) is 51.2 Å². The van der Waals surface area contributed by atoms with Crippen molar-refractivity contribution in [1.29, 1.82) is 0 Å². The van der Waals surface area contributed by atoms with Crippen molar-refractivity contribution in [2.75, 3.05) is 20.8 Å². The van der Waals surface area contributed by atoms with E-state index in [9.17, 15) is 4.79 Å². The van der Waals surface area contributed by atoms with Gasteiger partial charge in [-0.25, -0.2) is 0 Å². The largest absolute Gasteiger partial charge is 0.497 e. The molecule has 1 aromatic rings. The molecule has 5 atom stereocenters. The van der Waals surface area contributed by atoms with E-state index in [2.05, 4.69) is 0 Å². The lowest BCUT2D eigenvalue weighted by Gasteiger charge is -2.34. The Labute approximate surface area is 162 Å². The molecule has 2 rings (SSSR count). The molecule has 1 fully saturated rings. The molecule has 0 radical (unpaired) electrons. The summed E-state index contributed by atoms with van der Waals surface area (Å²) < 4.78 is 28.7. The lowest BCUT2D eigenvalue weighted by atomic mass is 9.87. The summed E-state index contributed by atoms with van der Waals surface area (Å²) in [5, 5.41) is 0. The van der Waals surface area contributed by atoms with Crippen LogP contribution >= 0.6 is 0 Å². The van der Waals surface area contributed by atoms with Gasteiger partial charge in [-0.05, 0) is 31.5 Å². The summed E-state index contributed by atoms with van der Waals surface area (Å²) in [6.45, 7) is 8.52. The molecule has 0 amide bonds. The van der Waals surface area contributed by atoms with E-state index in [1.807, 2.05) is 52.0 Å². The maximum atomic E-state index is 11.5. The Kier molecular flexibility index (Phi) is 7.79. The quantitative estimate of drug-likeness (QED) is 0.581. The number of carbonyl (C=O) groups excluding carboxylic acids is 1. The van der Waals surface area contributed by atoms with Crippen LogP contribution in [0.15, 0.2) is 24.3 Å². The Balaban J connectivity index is 2.07. The summed E-state index contributed by atoms with van der Waals surface area (Å²) >= 11 is 0. The molecule has 0 spiro atoms. The first-order chi connectivity index (χ1) is 12.8. The highest BCUT2D eigenvalue weighted by molar-refractivity contribution is 5.53. The average Bonchev–Trinajstić information content (AvgIpc) is 3.02. The van der Waals surface area contributed by atoms with E-state index >= 15 is 0 Å². The van der Waals surface area contributed by atoms with E-state index in [0.717, 1.165) is 17.6 Å². The molecule has 152 valence electrons. The molecule has 27 heavy (non-hydrogen) atoms. The Morgan fingerprint density at radius 3 is 2.37 bits per heavy atom. The van der Waals surface area contributed by atoms with Gasteiger partial charge in [0.2, 0.25) is 0 Å². The normalized spacial score (nSPS) is 23.4. The van der Waals surface area contributed by atoms with E-state index in [4.69, 9.17) is 23.7 Å². The fraction of sp³-hybridized carbons (Fsp3) is 0.667. The van der Waals surface area contributed by atoms with Crippen LogP contribution in [0.3, 0.4) is 0 Å². The van der Waals surface area contributed by atoms with Crippen LogP contribution in [0.5, 0.6) is 5.75 Å². The topological polar surface area (TPSA) is 63.2 Å². The zero-order valence-electron chi connectivity index (χ0n) is 17.1. The molecule has 1 heterocycles. The van der Waals surface area contributed by atoms with E-state index in [-0.39, 0.29) is 30.1 Å². The van der Waals surface area contributed by atoms with Crippen LogP contribution < -0.4 is 4.74 Å². The van der Waals surface area contributed by atoms with E-state index in [0.29, 0.717) is 13.2 Å². The van der Waals surface area contributed by atoms with Crippen molar-refractivity contribution in [1.82, 2.24) is 0 Å². The minimum atomic E-state index is -0.628. The molecule has 0 bridgehead atoms. The van der Waals surface area contributed by atoms with Gasteiger partial charge in [0.05, 0.1) is 32.5 Å². The van der Waals surface area contributed by atoms with Gasteiger partial charge in [-0.3, -0.25) is 0 Å². The highest BCUT2D eigenvalue weighted by Gasteiger charge is 2.42. The molecule has 0 aliphatic carbocycles. The number of rotatable bonds is 10. The molecule has 6 heteroatoms. The predicted molar refractivity (Wildman–Crippen MR) is 102 cm³/mol. The summed E-state index contributed by atoms with van der Waals surface area (Å²) in [5.41, 5.74) is 1.02. The smallest absolute Gasteiger partial charge is 0.163 e. The van der Waals surface area contributed by atoms with Crippen molar-refractivity contribution in [3.05, 3.63) is 29.8 Å². The highest BCUT2D eigenvalue weighted by atomic mass is 16.7. The number of hydrogen-bond acceptors (Lipinski definition) is 6. The first kappa shape index (κ1) is 21.8. The van der Waals surface area contributed by atoms with E-state index in [1.54, 1.807) is 14.2 Å². The van der Waals surface area contributed by atoms with Gasteiger partial charge in [0.25, 0.3) is 0 Å². The summed E-state index contributed by atoms with van der Waals surface area (Å²) in [5.74, 6) is -0.163. The number of ether oxygens (including phenoxy) is 5. The third kappa shape index (κ3) is 5.75. The Bertz CT molecular complexity index is 585. The lowest BCUT2D eigenvalue weighted by Crippen LogP contribution is -2.45. The zero-order valence-corrected chi connectivity index (χ0v) is 17.1. The van der Waals surface area contributed by atoms with Crippen LogP contribution in [0.4, 0.5) is 0 Å². The lowest BCUT2D eigenvalue weighted by molar-refractivity contribution is -0.168. The van der Waals surface area contributed by atoms with Crippen molar-refractivity contribution < 1.29 is 28.5 Å². The van der Waals surface area contributed by atoms with Crippen LogP contribution in [0.25, 0.3) is 0 Å². The molecule has 0 saturated carbocycles. The second-order valence-corrected chi connectivity index (χ2v) is 7.55.